The predicted molar refractivity (Wildman–Crippen MR) is 90.6 cm³/mol. The number of aliphatic hydroxyl groups excluding tert-OH is 1. The third-order valence-electron chi connectivity index (χ3n) is 4.27. The highest BCUT2D eigenvalue weighted by atomic mass is 16.5. The molecule has 24 heavy (non-hydrogen) atoms. The van der Waals surface area contributed by atoms with Crippen LogP contribution in [0.2, 0.25) is 0 Å². The SMILES string of the molecule is OCCO[C@H]1CCCN(CCCc2nc(-c3ccccc3)no2)C1. The molecule has 1 aliphatic rings. The van der Waals surface area contributed by atoms with Crippen molar-refractivity contribution in [1.29, 1.82) is 0 Å². The minimum absolute atomic E-state index is 0.0947. The summed E-state index contributed by atoms with van der Waals surface area (Å²) in [5, 5.41) is 12.9. The van der Waals surface area contributed by atoms with Crippen molar-refractivity contribution in [2.45, 2.75) is 31.8 Å². The van der Waals surface area contributed by atoms with E-state index in [9.17, 15) is 0 Å². The predicted octanol–water partition coefficient (Wildman–Crippen LogP) is 2.14. The normalized spacial score (nSPS) is 18.8. The monoisotopic (exact) mass is 331 g/mol. The molecule has 0 radical (unpaired) electrons. The minimum Gasteiger partial charge on any atom is -0.394 e. The number of piperidine rings is 1. The topological polar surface area (TPSA) is 71.6 Å². The number of aliphatic hydroxyl groups is 1. The molecule has 2 heterocycles. The lowest BCUT2D eigenvalue weighted by Gasteiger charge is -2.32. The fraction of sp³-hybridized carbons (Fsp3) is 0.556. The molecule has 1 saturated heterocycles. The van der Waals surface area contributed by atoms with Gasteiger partial charge in [0.05, 0.1) is 19.3 Å². The van der Waals surface area contributed by atoms with E-state index in [2.05, 4.69) is 15.0 Å². The summed E-state index contributed by atoms with van der Waals surface area (Å²) < 4.78 is 11.0. The first-order valence-corrected chi connectivity index (χ1v) is 8.68. The lowest BCUT2D eigenvalue weighted by Crippen LogP contribution is -2.40. The molecule has 2 aromatic rings. The van der Waals surface area contributed by atoms with Crippen LogP contribution >= 0.6 is 0 Å². The molecule has 3 rings (SSSR count). The Morgan fingerprint density at radius 3 is 3.00 bits per heavy atom. The second-order valence-corrected chi connectivity index (χ2v) is 6.14. The van der Waals surface area contributed by atoms with Gasteiger partial charge in [0.25, 0.3) is 0 Å². The van der Waals surface area contributed by atoms with E-state index in [-0.39, 0.29) is 12.7 Å². The highest BCUT2D eigenvalue weighted by Crippen LogP contribution is 2.16. The Hall–Kier alpha value is -1.76. The molecular formula is C18H25N3O3. The number of likely N-dealkylation sites (tertiary alicyclic amines) is 1. The van der Waals surface area contributed by atoms with Crippen molar-refractivity contribution in [3.8, 4) is 11.4 Å². The van der Waals surface area contributed by atoms with E-state index in [1.807, 2.05) is 30.3 Å². The molecule has 1 aliphatic heterocycles. The first-order chi connectivity index (χ1) is 11.8. The van der Waals surface area contributed by atoms with Crippen LogP contribution in [0.4, 0.5) is 0 Å². The highest BCUT2D eigenvalue weighted by molar-refractivity contribution is 5.53. The van der Waals surface area contributed by atoms with Crippen LogP contribution in [0.5, 0.6) is 0 Å². The summed E-state index contributed by atoms with van der Waals surface area (Å²) in [6.07, 6.45) is 4.26. The summed E-state index contributed by atoms with van der Waals surface area (Å²) >= 11 is 0. The van der Waals surface area contributed by atoms with E-state index in [1.54, 1.807) is 0 Å². The number of hydrogen-bond donors (Lipinski definition) is 1. The van der Waals surface area contributed by atoms with Crippen LogP contribution in [0, 0.1) is 0 Å². The van der Waals surface area contributed by atoms with Crippen molar-refractivity contribution in [3.05, 3.63) is 36.2 Å². The Morgan fingerprint density at radius 1 is 1.29 bits per heavy atom. The summed E-state index contributed by atoms with van der Waals surface area (Å²) in [6.45, 7) is 3.58. The maximum absolute atomic E-state index is 8.85. The average molecular weight is 331 g/mol. The average Bonchev–Trinajstić information content (AvgIpc) is 3.10. The lowest BCUT2D eigenvalue weighted by atomic mass is 10.1. The smallest absolute Gasteiger partial charge is 0.227 e. The Morgan fingerprint density at radius 2 is 2.17 bits per heavy atom. The van der Waals surface area contributed by atoms with Gasteiger partial charge in [-0.05, 0) is 32.4 Å². The van der Waals surface area contributed by atoms with Crippen LogP contribution in [0.1, 0.15) is 25.2 Å². The van der Waals surface area contributed by atoms with Crippen molar-refractivity contribution in [1.82, 2.24) is 15.0 Å². The molecule has 0 unspecified atom stereocenters. The van der Waals surface area contributed by atoms with Crippen LogP contribution in [-0.4, -0.2) is 59.1 Å². The standard InChI is InChI=1S/C18H25N3O3/c22-12-13-23-16-8-4-10-21(14-16)11-5-9-17-19-18(20-24-17)15-6-2-1-3-7-15/h1-3,6-7,16,22H,4-5,8-14H2/t16-/m0/s1. The van der Waals surface area contributed by atoms with Gasteiger partial charge in [-0.25, -0.2) is 0 Å². The number of benzene rings is 1. The first kappa shape index (κ1) is 17.1. The molecule has 1 N–H and O–H groups in total. The fourth-order valence-corrected chi connectivity index (χ4v) is 3.09. The Kier molecular flexibility index (Phi) is 6.34. The van der Waals surface area contributed by atoms with Gasteiger partial charge in [-0.1, -0.05) is 35.5 Å². The first-order valence-electron chi connectivity index (χ1n) is 8.68. The van der Waals surface area contributed by atoms with Crippen molar-refractivity contribution in [2.24, 2.45) is 0 Å². The maximum Gasteiger partial charge on any atom is 0.227 e. The van der Waals surface area contributed by atoms with Gasteiger partial charge in [0.15, 0.2) is 0 Å². The van der Waals surface area contributed by atoms with E-state index in [0.717, 1.165) is 50.9 Å². The molecule has 6 nitrogen and oxygen atoms in total. The number of nitrogens with zero attached hydrogens (tertiary/aromatic N) is 3. The van der Waals surface area contributed by atoms with Crippen LogP contribution in [-0.2, 0) is 11.2 Å². The van der Waals surface area contributed by atoms with Crippen LogP contribution in [0.15, 0.2) is 34.9 Å². The van der Waals surface area contributed by atoms with E-state index in [0.29, 0.717) is 18.3 Å². The van der Waals surface area contributed by atoms with Crippen molar-refractivity contribution in [3.63, 3.8) is 0 Å². The van der Waals surface area contributed by atoms with Crippen LogP contribution < -0.4 is 0 Å². The molecule has 0 aliphatic carbocycles. The van der Waals surface area contributed by atoms with Crippen molar-refractivity contribution >= 4 is 0 Å². The number of hydrogen-bond acceptors (Lipinski definition) is 6. The Labute approximate surface area is 142 Å². The molecule has 0 bridgehead atoms. The van der Waals surface area contributed by atoms with Gasteiger partial charge in [-0.15, -0.1) is 0 Å². The summed E-state index contributed by atoms with van der Waals surface area (Å²) in [5.41, 5.74) is 0.979. The molecule has 1 aromatic carbocycles. The van der Waals surface area contributed by atoms with Crippen LogP contribution in [0.25, 0.3) is 11.4 Å². The van der Waals surface area contributed by atoms with E-state index in [1.165, 1.54) is 0 Å². The Balaban J connectivity index is 1.43. The number of ether oxygens (including phenoxy) is 1. The van der Waals surface area contributed by atoms with Crippen molar-refractivity contribution < 1.29 is 14.4 Å². The van der Waals surface area contributed by atoms with Gasteiger partial charge in [-0.3, -0.25) is 0 Å². The zero-order valence-corrected chi connectivity index (χ0v) is 13.9. The van der Waals surface area contributed by atoms with E-state index < -0.39 is 0 Å². The molecule has 130 valence electrons. The second-order valence-electron chi connectivity index (χ2n) is 6.14. The molecule has 1 aromatic heterocycles. The van der Waals surface area contributed by atoms with Crippen LogP contribution in [0.3, 0.4) is 0 Å². The molecule has 1 atom stereocenters. The third-order valence-corrected chi connectivity index (χ3v) is 4.27. The largest absolute Gasteiger partial charge is 0.394 e. The van der Waals surface area contributed by atoms with Gasteiger partial charge in [0, 0.05) is 18.5 Å². The molecule has 0 saturated carbocycles. The van der Waals surface area contributed by atoms with E-state index in [4.69, 9.17) is 14.4 Å². The summed E-state index contributed by atoms with van der Waals surface area (Å²) in [7, 11) is 0. The van der Waals surface area contributed by atoms with Gasteiger partial charge in [-0.2, -0.15) is 4.98 Å². The van der Waals surface area contributed by atoms with Crippen molar-refractivity contribution in [2.75, 3.05) is 32.8 Å². The summed E-state index contributed by atoms with van der Waals surface area (Å²) in [4.78, 5) is 6.89. The molecule has 6 heteroatoms. The zero-order valence-electron chi connectivity index (χ0n) is 13.9. The lowest BCUT2D eigenvalue weighted by molar-refractivity contribution is -0.0146. The summed E-state index contributed by atoms with van der Waals surface area (Å²) in [6, 6.07) is 9.87. The maximum atomic E-state index is 8.85. The van der Waals surface area contributed by atoms with E-state index >= 15 is 0 Å². The molecular weight excluding hydrogens is 306 g/mol. The highest BCUT2D eigenvalue weighted by Gasteiger charge is 2.20. The fourth-order valence-electron chi connectivity index (χ4n) is 3.09. The van der Waals surface area contributed by atoms with Gasteiger partial charge >= 0.3 is 0 Å². The third kappa shape index (κ3) is 4.87. The quantitative estimate of drug-likeness (QED) is 0.799. The summed E-state index contributed by atoms with van der Waals surface area (Å²) in [5.74, 6) is 1.35. The molecule has 0 spiro atoms. The second kappa shape index (κ2) is 8.92. The Bertz CT molecular complexity index is 603. The number of rotatable bonds is 8. The van der Waals surface area contributed by atoms with Gasteiger partial charge < -0.3 is 19.3 Å². The minimum atomic E-state index is 0.0947. The number of aromatic nitrogens is 2. The molecule has 1 fully saturated rings. The molecule has 0 amide bonds. The van der Waals surface area contributed by atoms with Gasteiger partial charge in [0.1, 0.15) is 0 Å². The van der Waals surface area contributed by atoms with Gasteiger partial charge in [0.2, 0.25) is 11.7 Å². The zero-order chi connectivity index (χ0) is 16.6. The number of aryl methyl sites for hydroxylation is 1.